The van der Waals surface area contributed by atoms with Crippen molar-refractivity contribution in [2.45, 2.75) is 58.0 Å². The highest BCUT2D eigenvalue weighted by Crippen LogP contribution is 2.39. The van der Waals surface area contributed by atoms with Crippen LogP contribution >= 0.6 is 11.3 Å². The summed E-state index contributed by atoms with van der Waals surface area (Å²) in [5.41, 5.74) is 1.22. The maximum atomic E-state index is 4.85. The molecule has 0 radical (unpaired) electrons. The Labute approximate surface area is 120 Å². The van der Waals surface area contributed by atoms with Gasteiger partial charge in [-0.15, -0.1) is 11.3 Å². The number of hydrogen-bond acceptors (Lipinski definition) is 4. The number of anilines is 1. The average molecular weight is 279 g/mol. The monoisotopic (exact) mass is 279 g/mol. The van der Waals surface area contributed by atoms with Gasteiger partial charge in [-0.2, -0.15) is 0 Å². The maximum absolute atomic E-state index is 4.85. The molecule has 2 aliphatic rings. The highest BCUT2D eigenvalue weighted by molar-refractivity contribution is 7.15. The number of aryl methyl sites for hydroxylation is 1. The van der Waals surface area contributed by atoms with Crippen LogP contribution in [0.4, 0.5) is 5.13 Å². The van der Waals surface area contributed by atoms with Gasteiger partial charge in [0.2, 0.25) is 0 Å². The summed E-state index contributed by atoms with van der Waals surface area (Å²) < 4.78 is 0. The Morgan fingerprint density at radius 1 is 1.26 bits per heavy atom. The number of fused-ring (bicyclic) bond motifs is 1. The topological polar surface area (TPSA) is 28.2 Å². The Kier molecular flexibility index (Phi) is 4.08. The number of piperidine rings is 1. The van der Waals surface area contributed by atoms with E-state index in [0.717, 1.165) is 18.5 Å². The number of thiazole rings is 1. The third-order valence-corrected chi connectivity index (χ3v) is 5.90. The van der Waals surface area contributed by atoms with E-state index in [2.05, 4.69) is 17.1 Å². The molecule has 1 saturated carbocycles. The van der Waals surface area contributed by atoms with E-state index in [1.54, 1.807) is 0 Å². The van der Waals surface area contributed by atoms with Gasteiger partial charge in [-0.3, -0.25) is 0 Å². The molecule has 2 heterocycles. The van der Waals surface area contributed by atoms with Gasteiger partial charge in [0.15, 0.2) is 5.13 Å². The summed E-state index contributed by atoms with van der Waals surface area (Å²) in [5.74, 6) is 0.930. The van der Waals surface area contributed by atoms with E-state index in [-0.39, 0.29) is 0 Å². The highest BCUT2D eigenvalue weighted by Gasteiger charge is 2.34. The first-order chi connectivity index (χ1) is 9.29. The van der Waals surface area contributed by atoms with Crippen LogP contribution < -0.4 is 10.2 Å². The molecule has 4 heteroatoms. The van der Waals surface area contributed by atoms with E-state index in [9.17, 15) is 0 Å². The molecule has 1 saturated heterocycles. The molecule has 0 aromatic carbocycles. The molecule has 1 N–H and O–H groups in total. The molecule has 19 heavy (non-hydrogen) atoms. The fourth-order valence-corrected chi connectivity index (χ4v) is 4.88. The Balaban J connectivity index is 1.81. The molecule has 0 spiro atoms. The lowest BCUT2D eigenvalue weighted by Crippen LogP contribution is -2.46. The van der Waals surface area contributed by atoms with Crippen molar-refractivity contribution < 1.29 is 0 Å². The van der Waals surface area contributed by atoms with E-state index in [1.165, 1.54) is 60.8 Å². The van der Waals surface area contributed by atoms with E-state index < -0.39 is 0 Å². The van der Waals surface area contributed by atoms with Crippen LogP contribution in [-0.4, -0.2) is 24.6 Å². The summed E-state index contributed by atoms with van der Waals surface area (Å²) >= 11 is 1.90. The molecule has 2 fully saturated rings. The van der Waals surface area contributed by atoms with Gasteiger partial charge in [0.25, 0.3) is 0 Å². The van der Waals surface area contributed by atoms with Crippen molar-refractivity contribution in [1.29, 1.82) is 0 Å². The molecule has 3 nitrogen and oxygen atoms in total. The van der Waals surface area contributed by atoms with E-state index in [4.69, 9.17) is 4.98 Å². The molecule has 1 aromatic rings. The highest BCUT2D eigenvalue weighted by atomic mass is 32.1. The molecule has 1 aliphatic carbocycles. The first kappa shape index (κ1) is 13.4. The zero-order valence-corrected chi connectivity index (χ0v) is 12.9. The largest absolute Gasteiger partial charge is 0.345 e. The van der Waals surface area contributed by atoms with Gasteiger partial charge < -0.3 is 10.2 Å². The smallest absolute Gasteiger partial charge is 0.186 e. The summed E-state index contributed by atoms with van der Waals surface area (Å²) in [4.78, 5) is 8.88. The normalized spacial score (nSPS) is 27.4. The van der Waals surface area contributed by atoms with Crippen LogP contribution in [0.1, 0.15) is 49.1 Å². The van der Waals surface area contributed by atoms with E-state index in [0.29, 0.717) is 0 Å². The predicted octanol–water partition coefficient (Wildman–Crippen LogP) is 3.33. The minimum absolute atomic E-state index is 0.774. The van der Waals surface area contributed by atoms with Crippen LogP contribution in [0, 0.1) is 12.8 Å². The van der Waals surface area contributed by atoms with Gasteiger partial charge in [-0.05, 0) is 45.6 Å². The van der Waals surface area contributed by atoms with Crippen molar-refractivity contribution in [3.05, 3.63) is 10.6 Å². The summed E-state index contributed by atoms with van der Waals surface area (Å²) in [6, 6.07) is 0.774. The van der Waals surface area contributed by atoms with Gasteiger partial charge in [0, 0.05) is 24.0 Å². The van der Waals surface area contributed by atoms with Crippen LogP contribution in [0.25, 0.3) is 0 Å². The summed E-state index contributed by atoms with van der Waals surface area (Å²) in [5, 5.41) is 4.53. The third kappa shape index (κ3) is 2.65. The fourth-order valence-electron chi connectivity index (χ4n) is 3.72. The van der Waals surface area contributed by atoms with Crippen molar-refractivity contribution in [2.75, 3.05) is 18.5 Å². The molecule has 0 amide bonds. The first-order valence-corrected chi connectivity index (χ1v) is 8.49. The van der Waals surface area contributed by atoms with Gasteiger partial charge >= 0.3 is 0 Å². The van der Waals surface area contributed by atoms with Gasteiger partial charge in [-0.25, -0.2) is 4.98 Å². The number of rotatable bonds is 3. The lowest BCUT2D eigenvalue weighted by Gasteiger charge is -2.44. The minimum atomic E-state index is 0.774. The quantitative estimate of drug-likeness (QED) is 0.920. The number of hydrogen-bond donors (Lipinski definition) is 1. The van der Waals surface area contributed by atoms with Gasteiger partial charge in [-0.1, -0.05) is 12.8 Å². The zero-order chi connectivity index (χ0) is 13.2. The molecule has 3 rings (SSSR count). The van der Waals surface area contributed by atoms with E-state index in [1.807, 2.05) is 18.4 Å². The summed E-state index contributed by atoms with van der Waals surface area (Å²) in [7, 11) is 2.01. The van der Waals surface area contributed by atoms with Crippen LogP contribution in [0.5, 0.6) is 0 Å². The van der Waals surface area contributed by atoms with Crippen molar-refractivity contribution in [3.63, 3.8) is 0 Å². The second-order valence-electron chi connectivity index (χ2n) is 5.98. The van der Waals surface area contributed by atoms with Crippen LogP contribution in [0.15, 0.2) is 0 Å². The second-order valence-corrected chi connectivity index (χ2v) is 7.04. The standard InChI is InChI=1S/C15H25N3S/c1-11-14(10-16-2)19-15(17-11)18-9-5-7-12-6-3-4-8-13(12)18/h12-13,16H,3-10H2,1-2H3/t12-,13-/m1/s1. The maximum Gasteiger partial charge on any atom is 0.186 e. The molecular formula is C15H25N3S. The molecule has 1 aliphatic heterocycles. The van der Waals surface area contributed by atoms with Gasteiger partial charge in [0.1, 0.15) is 0 Å². The Hall–Kier alpha value is -0.610. The number of nitrogens with zero attached hydrogens (tertiary/aromatic N) is 2. The first-order valence-electron chi connectivity index (χ1n) is 7.67. The van der Waals surface area contributed by atoms with Crippen molar-refractivity contribution >= 4 is 16.5 Å². The molecule has 2 atom stereocenters. The van der Waals surface area contributed by atoms with Crippen molar-refractivity contribution in [1.82, 2.24) is 10.3 Å². The zero-order valence-electron chi connectivity index (χ0n) is 12.1. The Morgan fingerprint density at radius 2 is 2.05 bits per heavy atom. The minimum Gasteiger partial charge on any atom is -0.345 e. The summed E-state index contributed by atoms with van der Waals surface area (Å²) in [6.45, 7) is 4.31. The van der Waals surface area contributed by atoms with Crippen LogP contribution in [0.2, 0.25) is 0 Å². The van der Waals surface area contributed by atoms with Crippen molar-refractivity contribution in [2.24, 2.45) is 5.92 Å². The summed E-state index contributed by atoms with van der Waals surface area (Å²) in [6.07, 6.45) is 8.46. The number of nitrogens with one attached hydrogen (secondary N) is 1. The van der Waals surface area contributed by atoms with Crippen molar-refractivity contribution in [3.8, 4) is 0 Å². The molecule has 106 valence electrons. The molecule has 0 unspecified atom stereocenters. The molecule has 0 bridgehead atoms. The molecule has 1 aromatic heterocycles. The third-order valence-electron chi connectivity index (χ3n) is 4.71. The van der Waals surface area contributed by atoms with Gasteiger partial charge in [0.05, 0.1) is 5.69 Å². The predicted molar refractivity (Wildman–Crippen MR) is 81.9 cm³/mol. The van der Waals surface area contributed by atoms with Crippen LogP contribution in [-0.2, 0) is 6.54 Å². The van der Waals surface area contributed by atoms with Crippen LogP contribution in [0.3, 0.4) is 0 Å². The lowest BCUT2D eigenvalue weighted by molar-refractivity contribution is 0.243. The number of aromatic nitrogens is 1. The van der Waals surface area contributed by atoms with E-state index >= 15 is 0 Å². The lowest BCUT2D eigenvalue weighted by atomic mass is 9.78. The molecular weight excluding hydrogens is 254 g/mol. The second kappa shape index (κ2) is 5.80. The SMILES string of the molecule is CNCc1sc(N2CCC[C@H]3CCCC[C@H]32)nc1C. The Bertz CT molecular complexity index is 427. The Morgan fingerprint density at radius 3 is 2.89 bits per heavy atom. The fraction of sp³-hybridized carbons (Fsp3) is 0.800. The average Bonchev–Trinajstić information content (AvgIpc) is 2.80.